The molecule has 0 radical (unpaired) electrons. The molecule has 3 aromatic rings. The van der Waals surface area contributed by atoms with E-state index in [1.807, 2.05) is 11.8 Å². The number of rotatable bonds is 4. The van der Waals surface area contributed by atoms with Gasteiger partial charge >= 0.3 is 0 Å². The van der Waals surface area contributed by atoms with Crippen LogP contribution in [-0.2, 0) is 6.42 Å². The first-order valence-electron chi connectivity index (χ1n) is 10.5. The number of thioether (sulfide) groups is 1. The van der Waals surface area contributed by atoms with E-state index < -0.39 is 0 Å². The van der Waals surface area contributed by atoms with E-state index in [9.17, 15) is 0 Å². The summed E-state index contributed by atoms with van der Waals surface area (Å²) in [7, 11) is 4.97. The minimum atomic E-state index is 0.185. The van der Waals surface area contributed by atoms with Gasteiger partial charge in [0.15, 0.2) is 11.5 Å². The molecule has 0 N–H and O–H groups in total. The van der Waals surface area contributed by atoms with Gasteiger partial charge in [-0.05, 0) is 53.8 Å². The number of para-hydroxylation sites is 1. The van der Waals surface area contributed by atoms with Crippen LogP contribution in [0.3, 0.4) is 0 Å². The SMILES string of the molecule is COc1cc(C2Sc3ccccc3N=C3c4ccccc4CCC32)cc(OC)c1OC. The van der Waals surface area contributed by atoms with Crippen LogP contribution in [0, 0.1) is 5.92 Å². The molecule has 0 spiro atoms. The number of nitrogens with zero attached hydrogens (tertiary/aromatic N) is 1. The number of benzene rings is 3. The predicted octanol–water partition coefficient (Wildman–Crippen LogP) is 6.24. The highest BCUT2D eigenvalue weighted by Gasteiger charge is 2.36. The lowest BCUT2D eigenvalue weighted by Crippen LogP contribution is -2.27. The van der Waals surface area contributed by atoms with Gasteiger partial charge in [-0.3, -0.25) is 4.99 Å². The summed E-state index contributed by atoms with van der Waals surface area (Å²) in [6, 6.07) is 21.3. The highest BCUT2D eigenvalue weighted by molar-refractivity contribution is 7.99. The number of fused-ring (bicyclic) bond motifs is 4. The Morgan fingerprint density at radius 3 is 2.32 bits per heavy atom. The summed E-state index contributed by atoms with van der Waals surface area (Å²) in [4.78, 5) is 6.40. The van der Waals surface area contributed by atoms with Crippen LogP contribution in [0.4, 0.5) is 5.69 Å². The molecule has 0 saturated carbocycles. The quantitative estimate of drug-likeness (QED) is 0.490. The number of ether oxygens (including phenoxy) is 3. The van der Waals surface area contributed by atoms with Crippen molar-refractivity contribution in [1.29, 1.82) is 0 Å². The molecule has 1 aliphatic carbocycles. The molecular weight excluding hydrogens is 406 g/mol. The molecule has 0 saturated heterocycles. The number of methoxy groups -OCH3 is 3. The van der Waals surface area contributed by atoms with Crippen LogP contribution in [0.25, 0.3) is 0 Å². The van der Waals surface area contributed by atoms with Crippen molar-refractivity contribution >= 4 is 23.2 Å². The van der Waals surface area contributed by atoms with Gasteiger partial charge in [-0.2, -0.15) is 0 Å². The van der Waals surface area contributed by atoms with Gasteiger partial charge in [0, 0.05) is 16.1 Å². The summed E-state index contributed by atoms with van der Waals surface area (Å²) in [6.45, 7) is 0. The van der Waals surface area contributed by atoms with E-state index in [4.69, 9.17) is 19.2 Å². The first-order valence-corrected chi connectivity index (χ1v) is 11.3. The largest absolute Gasteiger partial charge is 0.493 e. The Kier molecular flexibility index (Phi) is 5.36. The summed E-state index contributed by atoms with van der Waals surface area (Å²) in [5.41, 5.74) is 6.03. The van der Waals surface area contributed by atoms with Gasteiger partial charge in [-0.15, -0.1) is 11.8 Å². The van der Waals surface area contributed by atoms with Crippen LogP contribution in [0.1, 0.15) is 28.4 Å². The molecule has 1 aliphatic heterocycles. The Morgan fingerprint density at radius 1 is 0.871 bits per heavy atom. The third-order valence-electron chi connectivity index (χ3n) is 6.11. The molecule has 1 heterocycles. The molecule has 158 valence electrons. The van der Waals surface area contributed by atoms with E-state index >= 15 is 0 Å². The zero-order valence-electron chi connectivity index (χ0n) is 17.9. The lowest BCUT2D eigenvalue weighted by Gasteiger charge is -2.32. The second kappa shape index (κ2) is 8.31. The third-order valence-corrected chi connectivity index (χ3v) is 7.56. The van der Waals surface area contributed by atoms with Gasteiger partial charge in [0.2, 0.25) is 5.75 Å². The van der Waals surface area contributed by atoms with Gasteiger partial charge in [0.1, 0.15) is 0 Å². The minimum absolute atomic E-state index is 0.185. The third kappa shape index (κ3) is 3.47. The summed E-state index contributed by atoms with van der Waals surface area (Å²) in [5, 5.41) is 0.185. The van der Waals surface area contributed by atoms with Crippen molar-refractivity contribution in [3.8, 4) is 17.2 Å². The van der Waals surface area contributed by atoms with Crippen LogP contribution < -0.4 is 14.2 Å². The number of hydrogen-bond donors (Lipinski definition) is 0. The zero-order valence-corrected chi connectivity index (χ0v) is 18.7. The Balaban J connectivity index is 1.70. The maximum Gasteiger partial charge on any atom is 0.203 e. The topological polar surface area (TPSA) is 40.0 Å². The second-order valence-corrected chi connectivity index (χ2v) is 8.95. The molecule has 0 fully saturated rings. The number of aryl methyl sites for hydroxylation is 1. The molecule has 2 aliphatic rings. The Labute approximate surface area is 187 Å². The monoisotopic (exact) mass is 431 g/mol. The van der Waals surface area contributed by atoms with Crippen LogP contribution in [-0.4, -0.2) is 27.0 Å². The summed E-state index contributed by atoms with van der Waals surface area (Å²) < 4.78 is 16.9. The van der Waals surface area contributed by atoms with E-state index in [2.05, 4.69) is 60.7 Å². The first kappa shape index (κ1) is 20.0. The predicted molar refractivity (Wildman–Crippen MR) is 126 cm³/mol. The summed E-state index contributed by atoms with van der Waals surface area (Å²) in [5.74, 6) is 2.28. The Bertz CT molecular complexity index is 1130. The first-order chi connectivity index (χ1) is 15.2. The van der Waals surface area contributed by atoms with Crippen LogP contribution >= 0.6 is 11.8 Å². The molecule has 3 aromatic carbocycles. The molecule has 0 bridgehead atoms. The van der Waals surface area contributed by atoms with Crippen molar-refractivity contribution in [2.45, 2.75) is 23.0 Å². The maximum absolute atomic E-state index is 5.66. The average molecular weight is 432 g/mol. The molecule has 0 aromatic heterocycles. The molecule has 5 rings (SSSR count). The van der Waals surface area contributed by atoms with Crippen molar-refractivity contribution in [2.75, 3.05) is 21.3 Å². The molecule has 5 heteroatoms. The van der Waals surface area contributed by atoms with Gasteiger partial charge in [0.25, 0.3) is 0 Å². The molecule has 0 amide bonds. The summed E-state index contributed by atoms with van der Waals surface area (Å²) in [6.07, 6.45) is 2.11. The van der Waals surface area contributed by atoms with Crippen molar-refractivity contribution in [3.63, 3.8) is 0 Å². The highest BCUT2D eigenvalue weighted by atomic mass is 32.2. The van der Waals surface area contributed by atoms with Crippen molar-refractivity contribution in [1.82, 2.24) is 0 Å². The maximum atomic E-state index is 5.66. The van der Waals surface area contributed by atoms with Gasteiger partial charge in [-0.25, -0.2) is 0 Å². The highest BCUT2D eigenvalue weighted by Crippen LogP contribution is 2.53. The number of aliphatic imine (C=N–C) groups is 1. The normalized spacial score (nSPS) is 19.3. The fourth-order valence-electron chi connectivity index (χ4n) is 4.64. The van der Waals surface area contributed by atoms with E-state index in [-0.39, 0.29) is 11.2 Å². The zero-order chi connectivity index (χ0) is 21.4. The van der Waals surface area contributed by atoms with Gasteiger partial charge < -0.3 is 14.2 Å². The fraction of sp³-hybridized carbons (Fsp3) is 0.269. The summed E-state index contributed by atoms with van der Waals surface area (Å²) >= 11 is 1.88. The van der Waals surface area contributed by atoms with E-state index in [1.54, 1.807) is 21.3 Å². The Morgan fingerprint density at radius 2 is 1.58 bits per heavy atom. The number of hydrogen-bond acceptors (Lipinski definition) is 5. The lowest BCUT2D eigenvalue weighted by atomic mass is 9.78. The molecule has 4 nitrogen and oxygen atoms in total. The molecule has 2 atom stereocenters. The molecular formula is C26H25NO3S. The van der Waals surface area contributed by atoms with Crippen LogP contribution in [0.2, 0.25) is 0 Å². The van der Waals surface area contributed by atoms with Crippen molar-refractivity contribution < 1.29 is 14.2 Å². The van der Waals surface area contributed by atoms with Gasteiger partial charge in [0.05, 0.1) is 32.7 Å². The lowest BCUT2D eigenvalue weighted by molar-refractivity contribution is 0.323. The average Bonchev–Trinajstić information content (AvgIpc) is 3.00. The second-order valence-electron chi connectivity index (χ2n) is 7.76. The van der Waals surface area contributed by atoms with Gasteiger partial charge in [-0.1, -0.05) is 36.4 Å². The van der Waals surface area contributed by atoms with E-state index in [0.29, 0.717) is 17.2 Å². The van der Waals surface area contributed by atoms with Crippen LogP contribution in [0.5, 0.6) is 17.2 Å². The standard InChI is InChI=1S/C26H25NO3S/c1-28-21-14-17(15-22(29-2)25(21)30-3)26-19-13-12-16-8-4-5-9-18(16)24(19)27-20-10-6-7-11-23(20)31-26/h4-11,14-15,19,26H,12-13H2,1-3H3. The van der Waals surface area contributed by atoms with Crippen molar-refractivity contribution in [2.24, 2.45) is 10.9 Å². The van der Waals surface area contributed by atoms with Crippen LogP contribution in [0.15, 0.2) is 70.6 Å². The minimum Gasteiger partial charge on any atom is -0.493 e. The fourth-order valence-corrected chi connectivity index (χ4v) is 6.00. The smallest absolute Gasteiger partial charge is 0.203 e. The van der Waals surface area contributed by atoms with E-state index in [0.717, 1.165) is 24.1 Å². The molecule has 31 heavy (non-hydrogen) atoms. The Hall–Kier alpha value is -2.92. The van der Waals surface area contributed by atoms with Crippen molar-refractivity contribution in [3.05, 3.63) is 77.4 Å². The molecule has 2 unspecified atom stereocenters. The van der Waals surface area contributed by atoms with E-state index in [1.165, 1.54) is 21.7 Å².